The van der Waals surface area contributed by atoms with Crippen LogP contribution in [-0.2, 0) is 17.8 Å². The van der Waals surface area contributed by atoms with Gasteiger partial charge in [-0.1, -0.05) is 12.1 Å². The fraction of sp³-hybridized carbons (Fsp3) is 0.250. The maximum atomic E-state index is 14.2. The zero-order valence-corrected chi connectivity index (χ0v) is 14.7. The zero-order chi connectivity index (χ0) is 19.1. The molecule has 2 aromatic carbocycles. The summed E-state index contributed by atoms with van der Waals surface area (Å²) in [6.07, 6.45) is 0. The predicted molar refractivity (Wildman–Crippen MR) is 96.7 cm³/mol. The third-order valence-electron chi connectivity index (χ3n) is 4.85. The summed E-state index contributed by atoms with van der Waals surface area (Å²) < 4.78 is 35.7. The number of aryl methyl sites for hydroxylation is 1. The molecule has 0 bridgehead atoms. The van der Waals surface area contributed by atoms with E-state index in [-0.39, 0.29) is 22.6 Å². The van der Waals surface area contributed by atoms with Crippen molar-refractivity contribution in [3.05, 3.63) is 63.9 Å². The van der Waals surface area contributed by atoms with Crippen LogP contribution in [0.15, 0.2) is 41.2 Å². The van der Waals surface area contributed by atoms with Crippen molar-refractivity contribution in [2.24, 2.45) is 0 Å². The average Bonchev–Trinajstić information content (AvgIpc) is 2.81. The molecule has 140 valence electrons. The Morgan fingerprint density at radius 3 is 2.48 bits per heavy atom. The van der Waals surface area contributed by atoms with Crippen LogP contribution in [0.2, 0.25) is 0 Å². The van der Waals surface area contributed by atoms with Gasteiger partial charge in [-0.05, 0) is 41.8 Å². The summed E-state index contributed by atoms with van der Waals surface area (Å²) in [5, 5.41) is 10.7. The maximum Gasteiger partial charge on any atom is 0.278 e. The number of aromatic nitrogens is 2. The summed E-state index contributed by atoms with van der Waals surface area (Å²) in [6.45, 7) is 3.32. The van der Waals surface area contributed by atoms with Crippen LogP contribution in [0.25, 0.3) is 22.3 Å². The normalized spacial score (nSPS) is 14.0. The highest BCUT2D eigenvalue weighted by atomic mass is 19.1. The molecule has 1 aromatic heterocycles. The SMILES string of the molecule is Cc1ccc(-c2ccc(F)cc2F)cc1-c1c(O)n2n(c1=O)CCOCC2. The van der Waals surface area contributed by atoms with Crippen LogP contribution in [-0.4, -0.2) is 27.7 Å². The molecule has 0 saturated heterocycles. The van der Waals surface area contributed by atoms with Crippen molar-refractivity contribution in [3.8, 4) is 28.1 Å². The highest BCUT2D eigenvalue weighted by Gasteiger charge is 2.24. The van der Waals surface area contributed by atoms with E-state index in [1.165, 1.54) is 21.5 Å². The number of ether oxygens (including phenoxy) is 1. The largest absolute Gasteiger partial charge is 0.493 e. The summed E-state index contributed by atoms with van der Waals surface area (Å²) in [7, 11) is 0. The van der Waals surface area contributed by atoms with Crippen LogP contribution in [0, 0.1) is 18.6 Å². The monoisotopic (exact) mass is 372 g/mol. The first-order valence-corrected chi connectivity index (χ1v) is 8.64. The molecule has 4 rings (SSSR count). The molecule has 1 N–H and O–H groups in total. The number of hydrogen-bond acceptors (Lipinski definition) is 3. The Hall–Kier alpha value is -2.93. The number of aromatic hydroxyl groups is 1. The van der Waals surface area contributed by atoms with Gasteiger partial charge in [-0.15, -0.1) is 0 Å². The average molecular weight is 372 g/mol. The van der Waals surface area contributed by atoms with Crippen molar-refractivity contribution in [1.29, 1.82) is 0 Å². The van der Waals surface area contributed by atoms with Crippen molar-refractivity contribution >= 4 is 0 Å². The van der Waals surface area contributed by atoms with Crippen LogP contribution in [0.1, 0.15) is 5.56 Å². The van der Waals surface area contributed by atoms with Gasteiger partial charge in [-0.2, -0.15) is 0 Å². The molecule has 0 unspecified atom stereocenters. The van der Waals surface area contributed by atoms with Gasteiger partial charge >= 0.3 is 0 Å². The van der Waals surface area contributed by atoms with Crippen LogP contribution in [0.5, 0.6) is 5.88 Å². The Kier molecular flexibility index (Phi) is 4.31. The van der Waals surface area contributed by atoms with Crippen molar-refractivity contribution in [1.82, 2.24) is 9.36 Å². The van der Waals surface area contributed by atoms with E-state index in [1.807, 2.05) is 6.92 Å². The number of fused-ring (bicyclic) bond motifs is 1. The van der Waals surface area contributed by atoms with Gasteiger partial charge in [-0.3, -0.25) is 4.79 Å². The standard InChI is InChI=1S/C20H18F2N2O3/c1-12-2-3-13(15-5-4-14(21)11-17(15)22)10-16(12)18-19(25)23-6-8-27-9-7-24(23)20(18)26/h2-5,10-11,25H,6-9H2,1H3. The molecule has 0 radical (unpaired) electrons. The number of rotatable bonds is 2. The second kappa shape index (κ2) is 6.66. The molecule has 0 spiro atoms. The summed E-state index contributed by atoms with van der Waals surface area (Å²) in [5.41, 5.74) is 1.88. The van der Waals surface area contributed by atoms with Gasteiger partial charge in [0.15, 0.2) is 0 Å². The number of benzene rings is 2. The molecule has 0 amide bonds. The molecule has 0 saturated carbocycles. The second-order valence-electron chi connectivity index (χ2n) is 6.52. The van der Waals surface area contributed by atoms with Crippen LogP contribution >= 0.6 is 0 Å². The van der Waals surface area contributed by atoms with E-state index in [1.54, 1.807) is 18.2 Å². The van der Waals surface area contributed by atoms with Gasteiger partial charge in [0.05, 0.1) is 26.3 Å². The van der Waals surface area contributed by atoms with E-state index < -0.39 is 11.6 Å². The zero-order valence-electron chi connectivity index (χ0n) is 14.7. The Labute approximate surface area is 154 Å². The third kappa shape index (κ3) is 2.94. The first-order chi connectivity index (χ1) is 13.0. The summed E-state index contributed by atoms with van der Waals surface area (Å²) in [4.78, 5) is 12.9. The van der Waals surface area contributed by atoms with Crippen molar-refractivity contribution < 1.29 is 18.6 Å². The lowest BCUT2D eigenvalue weighted by Gasteiger charge is -2.09. The molecule has 0 fully saturated rings. The Balaban J connectivity index is 1.90. The van der Waals surface area contributed by atoms with Gasteiger partial charge in [0, 0.05) is 11.6 Å². The van der Waals surface area contributed by atoms with Crippen LogP contribution < -0.4 is 5.56 Å². The first kappa shape index (κ1) is 17.5. The third-order valence-corrected chi connectivity index (χ3v) is 4.85. The topological polar surface area (TPSA) is 56.4 Å². The molecule has 5 nitrogen and oxygen atoms in total. The Morgan fingerprint density at radius 1 is 1.00 bits per heavy atom. The van der Waals surface area contributed by atoms with E-state index in [0.29, 0.717) is 37.4 Å². The number of halogens is 2. The minimum absolute atomic E-state index is 0.134. The van der Waals surface area contributed by atoms with Crippen molar-refractivity contribution in [2.45, 2.75) is 20.0 Å². The fourth-order valence-corrected chi connectivity index (χ4v) is 3.45. The smallest absolute Gasteiger partial charge is 0.278 e. The minimum atomic E-state index is -0.685. The highest BCUT2D eigenvalue weighted by molar-refractivity contribution is 5.77. The quantitative estimate of drug-likeness (QED) is 0.751. The minimum Gasteiger partial charge on any atom is -0.493 e. The molecular weight excluding hydrogens is 354 g/mol. The molecule has 0 atom stereocenters. The number of nitrogens with zero attached hydrogens (tertiary/aromatic N) is 2. The molecule has 1 aliphatic rings. The Morgan fingerprint density at radius 2 is 1.74 bits per heavy atom. The van der Waals surface area contributed by atoms with E-state index in [9.17, 15) is 18.7 Å². The molecule has 7 heteroatoms. The summed E-state index contributed by atoms with van der Waals surface area (Å²) >= 11 is 0. The lowest BCUT2D eigenvalue weighted by Crippen LogP contribution is -2.23. The van der Waals surface area contributed by atoms with Gasteiger partial charge in [0.1, 0.15) is 17.2 Å². The fourth-order valence-electron chi connectivity index (χ4n) is 3.45. The van der Waals surface area contributed by atoms with Gasteiger partial charge in [0.2, 0.25) is 5.88 Å². The van der Waals surface area contributed by atoms with Gasteiger partial charge in [0.25, 0.3) is 5.56 Å². The molecule has 0 aliphatic carbocycles. The lowest BCUT2D eigenvalue weighted by molar-refractivity contribution is 0.137. The summed E-state index contributed by atoms with van der Waals surface area (Å²) in [5.74, 6) is -1.47. The first-order valence-electron chi connectivity index (χ1n) is 8.64. The molecule has 2 heterocycles. The van der Waals surface area contributed by atoms with E-state index in [2.05, 4.69) is 0 Å². The van der Waals surface area contributed by atoms with E-state index in [4.69, 9.17) is 4.74 Å². The predicted octanol–water partition coefficient (Wildman–Crippen LogP) is 3.31. The molecule has 1 aliphatic heterocycles. The second-order valence-corrected chi connectivity index (χ2v) is 6.52. The van der Waals surface area contributed by atoms with E-state index in [0.717, 1.165) is 11.6 Å². The van der Waals surface area contributed by atoms with Crippen molar-refractivity contribution in [3.63, 3.8) is 0 Å². The summed E-state index contributed by atoms with van der Waals surface area (Å²) in [6, 6.07) is 8.48. The van der Waals surface area contributed by atoms with Crippen molar-refractivity contribution in [2.75, 3.05) is 13.2 Å². The molecule has 27 heavy (non-hydrogen) atoms. The van der Waals surface area contributed by atoms with E-state index >= 15 is 0 Å². The molecule has 3 aromatic rings. The molecular formula is C20H18F2N2O3. The van der Waals surface area contributed by atoms with Gasteiger partial charge in [-0.25, -0.2) is 18.1 Å². The Bertz CT molecular complexity index is 1090. The van der Waals surface area contributed by atoms with Crippen LogP contribution in [0.3, 0.4) is 0 Å². The van der Waals surface area contributed by atoms with Crippen LogP contribution in [0.4, 0.5) is 8.78 Å². The van der Waals surface area contributed by atoms with Gasteiger partial charge < -0.3 is 9.84 Å². The highest BCUT2D eigenvalue weighted by Crippen LogP contribution is 2.34. The lowest BCUT2D eigenvalue weighted by atomic mass is 9.96. The maximum absolute atomic E-state index is 14.2. The number of hydrogen-bond donors (Lipinski definition) is 1.